The number of rotatable bonds is 0. The minimum absolute atomic E-state index is 0.819. The van der Waals surface area contributed by atoms with Gasteiger partial charge >= 0.3 is 0 Å². The largest absolute Gasteiger partial charge is 0.0768 e. The molecule has 0 heterocycles. The zero-order chi connectivity index (χ0) is 4.28. The molecule has 0 amide bonds. The van der Waals surface area contributed by atoms with Crippen molar-refractivity contribution in [2.75, 3.05) is 0 Å². The third-order valence-corrected chi connectivity index (χ3v) is 1.67. The van der Waals surface area contributed by atoms with E-state index < -0.39 is 0 Å². The highest BCUT2D eigenvalue weighted by atomic mass is 33.1. The molecule has 0 rings (SSSR count). The number of hydrogen-bond acceptors (Lipinski definition) is 2. The van der Waals surface area contributed by atoms with E-state index in [9.17, 15) is 0 Å². The maximum Gasteiger partial charge on any atom is 0.0564 e. The Morgan fingerprint density at radius 1 is 1.80 bits per heavy atom. The normalized spacial score (nSPS) is 7.60. The zero-order valence-electron chi connectivity index (χ0n) is 2.72. The molecule has 1 radical (unpaired) electrons. The highest BCUT2D eigenvalue weighted by molar-refractivity contribution is 8.76. The fourth-order valence-electron chi connectivity index (χ4n) is 0. The Labute approximate surface area is 46.1 Å². The molecule has 0 aliphatic heterocycles. The molecule has 0 aromatic heterocycles. The summed E-state index contributed by atoms with van der Waals surface area (Å²) in [5.41, 5.74) is 0. The van der Waals surface area contributed by atoms with Crippen molar-refractivity contribution in [1.29, 1.82) is 0 Å². The Kier molecular flexibility index (Phi) is 3.47. The zero-order valence-corrected chi connectivity index (χ0v) is 5.17. The van der Waals surface area contributed by atoms with Crippen molar-refractivity contribution in [3.05, 3.63) is 0 Å². The second kappa shape index (κ2) is 3.00. The van der Waals surface area contributed by atoms with Gasteiger partial charge in [0.15, 0.2) is 0 Å². The summed E-state index contributed by atoms with van der Waals surface area (Å²) >= 11 is 9.01. The Bertz CT molecular complexity index is 40.2. The van der Waals surface area contributed by atoms with E-state index in [1.165, 1.54) is 10.8 Å². The van der Waals surface area contributed by atoms with Crippen LogP contribution in [-0.4, -0.2) is 4.20 Å². The van der Waals surface area contributed by atoms with Gasteiger partial charge in [0, 0.05) is 0 Å². The van der Waals surface area contributed by atoms with Crippen molar-refractivity contribution in [3.8, 4) is 0 Å². The molecule has 29 valence electrons. The van der Waals surface area contributed by atoms with E-state index in [1.54, 1.807) is 0 Å². The molecule has 0 aliphatic carbocycles. The fraction of sp³-hybridized carbons (Fsp3) is 0.500. The van der Waals surface area contributed by atoms with Gasteiger partial charge in [0.1, 0.15) is 0 Å². The Morgan fingerprint density at radius 3 is 2.00 bits per heavy atom. The van der Waals surface area contributed by atoms with Crippen molar-refractivity contribution in [1.82, 2.24) is 0 Å². The average Bonchev–Trinajstić information content (AvgIpc) is 1.38. The standard InChI is InChI=1S/C2H3S3/c1-2(3)5-4/h1H3. The molecule has 0 aliphatic rings. The first-order valence-electron chi connectivity index (χ1n) is 1.07. The third-order valence-electron chi connectivity index (χ3n) is 0.117. The van der Waals surface area contributed by atoms with Crippen LogP contribution in [0.5, 0.6) is 0 Å². The molecule has 0 N–H and O–H groups in total. The minimum Gasteiger partial charge on any atom is -0.0768 e. The molecule has 0 aromatic rings. The number of thiocarbonyl (C=S) groups is 1. The van der Waals surface area contributed by atoms with Gasteiger partial charge in [-0.25, -0.2) is 0 Å². The van der Waals surface area contributed by atoms with Crippen molar-refractivity contribution in [2.45, 2.75) is 6.92 Å². The molecule has 0 fully saturated rings. The first-order valence-corrected chi connectivity index (χ1v) is 3.22. The monoisotopic (exact) mass is 123 g/mol. The van der Waals surface area contributed by atoms with Crippen LogP contribution in [0.4, 0.5) is 0 Å². The lowest BCUT2D eigenvalue weighted by atomic mass is 11.0. The van der Waals surface area contributed by atoms with Crippen LogP contribution in [0.3, 0.4) is 0 Å². The lowest BCUT2D eigenvalue weighted by molar-refractivity contribution is 2.12. The van der Waals surface area contributed by atoms with E-state index in [4.69, 9.17) is 0 Å². The average molecular weight is 123 g/mol. The Balaban J connectivity index is 2.85. The fourth-order valence-corrected chi connectivity index (χ4v) is 0. The minimum atomic E-state index is 0.819. The van der Waals surface area contributed by atoms with Crippen LogP contribution >= 0.6 is 34.7 Å². The van der Waals surface area contributed by atoms with Gasteiger partial charge in [0.25, 0.3) is 0 Å². The Morgan fingerprint density at radius 2 is 2.00 bits per heavy atom. The maximum atomic E-state index is 4.56. The predicted octanol–water partition coefficient (Wildman–Crippen LogP) is 2.18. The highest BCUT2D eigenvalue weighted by Gasteiger charge is 1.74. The molecule has 5 heavy (non-hydrogen) atoms. The van der Waals surface area contributed by atoms with Gasteiger partial charge in [-0.3, -0.25) is 0 Å². The van der Waals surface area contributed by atoms with Crippen LogP contribution in [0, 0.1) is 0 Å². The topological polar surface area (TPSA) is 0 Å². The lowest BCUT2D eigenvalue weighted by Gasteiger charge is -1.73. The summed E-state index contributed by atoms with van der Waals surface area (Å²) in [4.78, 5) is 0. The van der Waals surface area contributed by atoms with Crippen LogP contribution in [0.15, 0.2) is 0 Å². The van der Waals surface area contributed by atoms with E-state index >= 15 is 0 Å². The van der Waals surface area contributed by atoms with Crippen molar-refractivity contribution >= 4 is 38.9 Å². The van der Waals surface area contributed by atoms with Gasteiger partial charge in [0.05, 0.1) is 4.20 Å². The SMILES string of the molecule is CC(=S)S[S]. The molecule has 0 atom stereocenters. The molecule has 0 saturated carbocycles. The molecular formula is C2H3S3. The quantitative estimate of drug-likeness (QED) is 0.358. The summed E-state index contributed by atoms with van der Waals surface area (Å²) in [6, 6.07) is 0. The van der Waals surface area contributed by atoms with Gasteiger partial charge in [0.2, 0.25) is 0 Å². The highest BCUT2D eigenvalue weighted by Crippen LogP contribution is 2.05. The van der Waals surface area contributed by atoms with Gasteiger partial charge in [-0.2, -0.15) is 0 Å². The molecule has 3 heteroatoms. The summed E-state index contributed by atoms with van der Waals surface area (Å²) in [5, 5.41) is 0. The summed E-state index contributed by atoms with van der Waals surface area (Å²) < 4.78 is 0.819. The molecule has 0 unspecified atom stereocenters. The molecule has 0 saturated heterocycles. The van der Waals surface area contributed by atoms with Crippen LogP contribution in [0.25, 0.3) is 0 Å². The van der Waals surface area contributed by atoms with Crippen molar-refractivity contribution in [3.63, 3.8) is 0 Å². The van der Waals surface area contributed by atoms with Gasteiger partial charge in [-0.05, 0) is 29.4 Å². The second-order valence-electron chi connectivity index (χ2n) is 0.575. The molecular weight excluding hydrogens is 120 g/mol. The summed E-state index contributed by atoms with van der Waals surface area (Å²) in [6.45, 7) is 1.81. The van der Waals surface area contributed by atoms with Crippen molar-refractivity contribution in [2.24, 2.45) is 0 Å². The second-order valence-corrected chi connectivity index (χ2v) is 2.72. The van der Waals surface area contributed by atoms with Crippen LogP contribution < -0.4 is 0 Å². The summed E-state index contributed by atoms with van der Waals surface area (Å²) in [6.07, 6.45) is 0. The summed E-state index contributed by atoms with van der Waals surface area (Å²) in [5.74, 6) is 0. The first-order chi connectivity index (χ1) is 2.27. The molecule has 0 nitrogen and oxygen atoms in total. The van der Waals surface area contributed by atoms with Crippen molar-refractivity contribution < 1.29 is 0 Å². The first kappa shape index (κ1) is 5.79. The number of hydrogen-bond donors (Lipinski definition) is 0. The van der Waals surface area contributed by atoms with Crippen LogP contribution in [0.1, 0.15) is 6.92 Å². The molecule has 0 aromatic carbocycles. The maximum absolute atomic E-state index is 4.56. The van der Waals surface area contributed by atoms with Crippen LogP contribution in [-0.2, 0) is 0 Å². The lowest BCUT2D eigenvalue weighted by Crippen LogP contribution is -1.62. The van der Waals surface area contributed by atoms with E-state index in [2.05, 4.69) is 23.9 Å². The predicted molar refractivity (Wildman–Crippen MR) is 33.5 cm³/mol. The van der Waals surface area contributed by atoms with E-state index in [0.717, 1.165) is 4.20 Å². The van der Waals surface area contributed by atoms with E-state index in [-0.39, 0.29) is 0 Å². The smallest absolute Gasteiger partial charge is 0.0564 e. The third kappa shape index (κ3) is 4.79. The Hall–Kier alpha value is 0.790. The van der Waals surface area contributed by atoms with Gasteiger partial charge in [-0.15, -0.1) is 0 Å². The van der Waals surface area contributed by atoms with E-state index in [1.807, 2.05) is 6.92 Å². The molecule has 0 spiro atoms. The van der Waals surface area contributed by atoms with Gasteiger partial charge in [-0.1, -0.05) is 12.2 Å². The molecule has 0 bridgehead atoms. The summed E-state index contributed by atoms with van der Waals surface area (Å²) in [7, 11) is 1.19. The van der Waals surface area contributed by atoms with Crippen LogP contribution in [0.2, 0.25) is 0 Å². The van der Waals surface area contributed by atoms with Gasteiger partial charge < -0.3 is 0 Å². The van der Waals surface area contributed by atoms with E-state index in [0.29, 0.717) is 0 Å².